The van der Waals surface area contributed by atoms with Crippen molar-refractivity contribution in [1.82, 2.24) is 0 Å². The summed E-state index contributed by atoms with van der Waals surface area (Å²) in [5.41, 5.74) is 0.355. The fourth-order valence-corrected chi connectivity index (χ4v) is 2.11. The zero-order valence-electron chi connectivity index (χ0n) is 11.3. The van der Waals surface area contributed by atoms with Crippen LogP contribution in [-0.2, 0) is 23.9 Å². The van der Waals surface area contributed by atoms with E-state index in [9.17, 15) is 19.2 Å². The molecule has 1 fully saturated rings. The van der Waals surface area contributed by atoms with Crippen molar-refractivity contribution in [3.8, 4) is 0 Å². The van der Waals surface area contributed by atoms with Crippen LogP contribution >= 0.6 is 0 Å². The molecule has 2 N–H and O–H groups in total. The number of aliphatic carboxylic acids is 2. The number of anilines is 1. The molecular formula is C14H13NO7. The van der Waals surface area contributed by atoms with E-state index >= 15 is 0 Å². The third-order valence-electron chi connectivity index (χ3n) is 3.08. The lowest BCUT2D eigenvalue weighted by Crippen LogP contribution is -2.37. The predicted molar refractivity (Wildman–Crippen MR) is 72.1 cm³/mol. The molecule has 1 heterocycles. The van der Waals surface area contributed by atoms with Crippen molar-refractivity contribution >= 4 is 29.4 Å². The maximum Gasteiger partial charge on any atom is 0.333 e. The van der Waals surface area contributed by atoms with Crippen LogP contribution in [0.1, 0.15) is 12.8 Å². The Kier molecular flexibility index (Phi) is 4.52. The maximum absolute atomic E-state index is 12.2. The highest BCUT2D eigenvalue weighted by Crippen LogP contribution is 2.25. The first-order valence-corrected chi connectivity index (χ1v) is 6.42. The number of hydrogen-bond acceptors (Lipinski definition) is 5. The highest BCUT2D eigenvalue weighted by Gasteiger charge is 2.42. The summed E-state index contributed by atoms with van der Waals surface area (Å²) in [5.74, 6) is -4.10. The van der Waals surface area contributed by atoms with Gasteiger partial charge < -0.3 is 14.9 Å². The van der Waals surface area contributed by atoms with Gasteiger partial charge in [0.1, 0.15) is 6.10 Å². The van der Waals surface area contributed by atoms with Gasteiger partial charge in [-0.3, -0.25) is 14.4 Å². The molecule has 116 valence electrons. The number of nitrogens with zero attached hydrogens (tertiary/aromatic N) is 1. The fourth-order valence-electron chi connectivity index (χ4n) is 2.11. The van der Waals surface area contributed by atoms with Crippen molar-refractivity contribution in [2.75, 3.05) is 4.90 Å². The number of carboxylic acid groups (broad SMARTS) is 2. The van der Waals surface area contributed by atoms with Crippen molar-refractivity contribution in [3.05, 3.63) is 30.3 Å². The molecule has 1 aromatic rings. The second-order valence-electron chi connectivity index (χ2n) is 4.66. The number of carbonyl (C=O) groups excluding carboxylic acids is 2. The quantitative estimate of drug-likeness (QED) is 0.723. The molecule has 2 unspecified atom stereocenters. The number of amides is 2. The van der Waals surface area contributed by atoms with Crippen LogP contribution in [0, 0.1) is 0 Å². The van der Waals surface area contributed by atoms with Crippen LogP contribution in [0.25, 0.3) is 0 Å². The third-order valence-corrected chi connectivity index (χ3v) is 3.08. The minimum atomic E-state index is -1.69. The molecule has 8 heteroatoms. The van der Waals surface area contributed by atoms with Crippen LogP contribution in [0.5, 0.6) is 0 Å². The maximum atomic E-state index is 12.2. The third kappa shape index (κ3) is 3.29. The van der Waals surface area contributed by atoms with E-state index in [2.05, 4.69) is 0 Å². The molecule has 2 rings (SSSR count). The molecule has 22 heavy (non-hydrogen) atoms. The summed E-state index contributed by atoms with van der Waals surface area (Å²) in [5, 5.41) is 17.6. The van der Waals surface area contributed by atoms with Crippen LogP contribution in [0.15, 0.2) is 30.3 Å². The SMILES string of the molecule is O=C(O)CC(OC1CC(=O)N(c2ccccc2)C1=O)C(=O)O. The first-order valence-electron chi connectivity index (χ1n) is 6.42. The van der Waals surface area contributed by atoms with E-state index < -0.39 is 42.4 Å². The number of carboxylic acids is 2. The Morgan fingerprint density at radius 2 is 1.86 bits per heavy atom. The zero-order chi connectivity index (χ0) is 16.3. The molecule has 0 spiro atoms. The summed E-state index contributed by atoms with van der Waals surface area (Å²) in [6.07, 6.45) is -4.10. The molecule has 1 aromatic carbocycles. The standard InChI is InChI=1S/C14H13NO7/c16-11-6-9(22-10(14(20)21)7-12(17)18)13(19)15(11)8-4-2-1-3-5-8/h1-5,9-10H,6-7H2,(H,17,18)(H,20,21). The molecule has 0 bridgehead atoms. The van der Waals surface area contributed by atoms with Crippen molar-refractivity contribution in [2.45, 2.75) is 25.0 Å². The highest BCUT2D eigenvalue weighted by molar-refractivity contribution is 6.22. The van der Waals surface area contributed by atoms with Crippen molar-refractivity contribution in [1.29, 1.82) is 0 Å². The minimum absolute atomic E-state index is 0.322. The minimum Gasteiger partial charge on any atom is -0.481 e. The Morgan fingerprint density at radius 1 is 1.23 bits per heavy atom. The van der Waals surface area contributed by atoms with Crippen LogP contribution in [-0.4, -0.2) is 46.2 Å². The molecule has 0 aromatic heterocycles. The molecule has 0 radical (unpaired) electrons. The molecule has 0 aliphatic carbocycles. The lowest BCUT2D eigenvalue weighted by Gasteiger charge is -2.17. The van der Waals surface area contributed by atoms with Gasteiger partial charge in [0.15, 0.2) is 6.10 Å². The van der Waals surface area contributed by atoms with Crippen LogP contribution in [0.2, 0.25) is 0 Å². The summed E-state index contributed by atoms with van der Waals surface area (Å²) >= 11 is 0. The van der Waals surface area contributed by atoms with Crippen LogP contribution in [0.3, 0.4) is 0 Å². The van der Waals surface area contributed by atoms with E-state index in [0.29, 0.717) is 5.69 Å². The van der Waals surface area contributed by atoms with Crippen molar-refractivity contribution < 1.29 is 34.1 Å². The van der Waals surface area contributed by atoms with Gasteiger partial charge in [0.05, 0.1) is 18.5 Å². The monoisotopic (exact) mass is 307 g/mol. The smallest absolute Gasteiger partial charge is 0.333 e. The average molecular weight is 307 g/mol. The number of ether oxygens (including phenoxy) is 1. The van der Waals surface area contributed by atoms with Gasteiger partial charge in [-0.1, -0.05) is 18.2 Å². The molecule has 8 nitrogen and oxygen atoms in total. The normalized spacial score (nSPS) is 19.3. The number of para-hydroxylation sites is 1. The van der Waals surface area contributed by atoms with Gasteiger partial charge in [0, 0.05) is 0 Å². The van der Waals surface area contributed by atoms with Gasteiger partial charge >= 0.3 is 11.9 Å². The van der Waals surface area contributed by atoms with Crippen LogP contribution < -0.4 is 4.90 Å². The number of imide groups is 1. The van der Waals surface area contributed by atoms with Gasteiger partial charge in [0.2, 0.25) is 5.91 Å². The van der Waals surface area contributed by atoms with Gasteiger partial charge in [-0.2, -0.15) is 0 Å². The average Bonchev–Trinajstić information content (AvgIpc) is 2.73. The summed E-state index contributed by atoms with van der Waals surface area (Å²) in [7, 11) is 0. The fraction of sp³-hybridized carbons (Fsp3) is 0.286. The zero-order valence-corrected chi connectivity index (χ0v) is 11.3. The molecular weight excluding hydrogens is 294 g/mol. The number of carbonyl (C=O) groups is 4. The Hall–Kier alpha value is -2.74. The topological polar surface area (TPSA) is 121 Å². The molecule has 1 saturated heterocycles. The molecule has 2 amide bonds. The summed E-state index contributed by atoms with van der Waals surface area (Å²) in [6.45, 7) is 0. The van der Waals surface area contributed by atoms with Crippen molar-refractivity contribution in [3.63, 3.8) is 0 Å². The Bertz CT molecular complexity index is 613. The van der Waals surface area contributed by atoms with Gasteiger partial charge in [-0.15, -0.1) is 0 Å². The van der Waals surface area contributed by atoms with Gasteiger partial charge in [0.25, 0.3) is 5.91 Å². The van der Waals surface area contributed by atoms with E-state index in [-0.39, 0.29) is 6.42 Å². The predicted octanol–water partition coefficient (Wildman–Crippen LogP) is 0.263. The van der Waals surface area contributed by atoms with E-state index in [4.69, 9.17) is 14.9 Å². The lowest BCUT2D eigenvalue weighted by molar-refractivity contribution is -0.162. The molecule has 2 atom stereocenters. The lowest BCUT2D eigenvalue weighted by atomic mass is 10.2. The molecule has 1 aliphatic heterocycles. The Labute approximate surface area is 124 Å². The van der Waals surface area contributed by atoms with Crippen LogP contribution in [0.4, 0.5) is 5.69 Å². The number of benzene rings is 1. The van der Waals surface area contributed by atoms with Gasteiger partial charge in [-0.25, -0.2) is 9.69 Å². The van der Waals surface area contributed by atoms with E-state index in [1.54, 1.807) is 30.3 Å². The van der Waals surface area contributed by atoms with E-state index in [0.717, 1.165) is 4.90 Å². The second-order valence-corrected chi connectivity index (χ2v) is 4.66. The summed E-state index contributed by atoms with van der Waals surface area (Å²) in [6, 6.07) is 8.13. The van der Waals surface area contributed by atoms with Crippen molar-refractivity contribution in [2.24, 2.45) is 0 Å². The first kappa shape index (κ1) is 15.6. The Balaban J connectivity index is 2.14. The number of hydrogen-bond donors (Lipinski definition) is 2. The summed E-state index contributed by atoms with van der Waals surface area (Å²) in [4.78, 5) is 46.6. The first-order chi connectivity index (χ1) is 10.4. The molecule has 0 saturated carbocycles. The van der Waals surface area contributed by atoms with E-state index in [1.165, 1.54) is 0 Å². The van der Waals surface area contributed by atoms with Gasteiger partial charge in [-0.05, 0) is 12.1 Å². The second kappa shape index (κ2) is 6.35. The summed E-state index contributed by atoms with van der Waals surface area (Å²) < 4.78 is 5.03. The highest BCUT2D eigenvalue weighted by atomic mass is 16.5. The van der Waals surface area contributed by atoms with E-state index in [1.807, 2.05) is 0 Å². The largest absolute Gasteiger partial charge is 0.481 e. The molecule has 1 aliphatic rings. The Morgan fingerprint density at radius 3 is 2.41 bits per heavy atom. The number of rotatable bonds is 6.